The van der Waals surface area contributed by atoms with E-state index in [4.69, 9.17) is 9.84 Å². The Bertz CT molecular complexity index is 730. The van der Waals surface area contributed by atoms with Gasteiger partial charge in [0, 0.05) is 18.9 Å². The van der Waals surface area contributed by atoms with Gasteiger partial charge in [0.25, 0.3) is 0 Å². The van der Waals surface area contributed by atoms with Crippen LogP contribution in [0.5, 0.6) is 5.88 Å². The SMILES string of the molecule is CCCCNc1ncc2c(OC3CCNCC3)nccc2n1.OC1CCCCC1. The van der Waals surface area contributed by atoms with Gasteiger partial charge in [-0.25, -0.2) is 15.0 Å². The summed E-state index contributed by atoms with van der Waals surface area (Å²) < 4.78 is 6.06. The highest BCUT2D eigenvalue weighted by atomic mass is 16.5. The third kappa shape index (κ3) is 7.08. The molecule has 160 valence electrons. The summed E-state index contributed by atoms with van der Waals surface area (Å²) in [6.45, 7) is 5.05. The van der Waals surface area contributed by atoms with E-state index in [-0.39, 0.29) is 12.2 Å². The number of fused-ring (bicyclic) bond motifs is 1. The maximum absolute atomic E-state index is 8.91. The average Bonchev–Trinajstić information content (AvgIpc) is 2.76. The molecule has 0 unspecified atom stereocenters. The number of anilines is 1. The second kappa shape index (κ2) is 11.9. The summed E-state index contributed by atoms with van der Waals surface area (Å²) in [5.41, 5.74) is 0.868. The minimum absolute atomic E-state index is 0.0359. The molecular weight excluding hydrogens is 366 g/mol. The molecule has 1 aliphatic carbocycles. The van der Waals surface area contributed by atoms with E-state index in [1.54, 1.807) is 12.4 Å². The molecule has 1 aliphatic heterocycles. The molecule has 2 fully saturated rings. The Morgan fingerprint density at radius 1 is 1.14 bits per heavy atom. The lowest BCUT2D eigenvalue weighted by Crippen LogP contribution is -2.34. The average molecular weight is 402 g/mol. The van der Waals surface area contributed by atoms with E-state index in [1.165, 1.54) is 19.3 Å². The first-order valence-corrected chi connectivity index (χ1v) is 11.2. The summed E-state index contributed by atoms with van der Waals surface area (Å²) >= 11 is 0. The van der Waals surface area contributed by atoms with Crippen molar-refractivity contribution in [2.75, 3.05) is 25.0 Å². The number of aliphatic hydroxyl groups excluding tert-OH is 1. The van der Waals surface area contributed by atoms with E-state index in [0.29, 0.717) is 11.8 Å². The first kappa shape index (κ1) is 21.7. The lowest BCUT2D eigenvalue weighted by Gasteiger charge is -2.23. The fourth-order valence-corrected chi connectivity index (χ4v) is 3.64. The number of aromatic nitrogens is 3. The number of hydrogen-bond donors (Lipinski definition) is 3. The van der Waals surface area contributed by atoms with Gasteiger partial charge >= 0.3 is 0 Å². The molecule has 3 heterocycles. The summed E-state index contributed by atoms with van der Waals surface area (Å²) in [6, 6.07) is 1.90. The number of pyridine rings is 1. The van der Waals surface area contributed by atoms with Gasteiger partial charge in [-0.05, 0) is 51.3 Å². The summed E-state index contributed by atoms with van der Waals surface area (Å²) in [5.74, 6) is 1.31. The summed E-state index contributed by atoms with van der Waals surface area (Å²) in [7, 11) is 0. The molecule has 1 saturated carbocycles. The molecule has 2 aliphatic rings. The molecule has 2 aromatic rings. The minimum atomic E-state index is 0.0359. The largest absolute Gasteiger partial charge is 0.474 e. The molecule has 7 nitrogen and oxygen atoms in total. The number of rotatable bonds is 6. The fraction of sp³-hybridized carbons (Fsp3) is 0.682. The van der Waals surface area contributed by atoms with Gasteiger partial charge in [0.05, 0.1) is 17.0 Å². The molecule has 0 aromatic carbocycles. The van der Waals surface area contributed by atoms with Crippen molar-refractivity contribution < 1.29 is 9.84 Å². The standard InChI is InChI=1S/C16H23N5O.C6H12O/c1-2-3-7-19-16-20-11-13-14(21-16)6-10-18-15(13)22-12-4-8-17-9-5-12;7-6-4-2-1-3-5-6/h6,10-12,17H,2-5,7-9H2,1H3,(H,19,20,21);6-7H,1-5H2. The number of nitrogens with one attached hydrogen (secondary N) is 2. The van der Waals surface area contributed by atoms with Crippen LogP contribution in [0.1, 0.15) is 64.7 Å². The van der Waals surface area contributed by atoms with Crippen molar-refractivity contribution in [2.24, 2.45) is 0 Å². The lowest BCUT2D eigenvalue weighted by molar-refractivity contribution is 0.130. The van der Waals surface area contributed by atoms with Crippen molar-refractivity contribution in [1.29, 1.82) is 0 Å². The Hall–Kier alpha value is -1.99. The van der Waals surface area contributed by atoms with Crippen LogP contribution >= 0.6 is 0 Å². The summed E-state index contributed by atoms with van der Waals surface area (Å²) in [6.07, 6.45) is 14.0. The van der Waals surface area contributed by atoms with Crippen LogP contribution in [0.2, 0.25) is 0 Å². The van der Waals surface area contributed by atoms with E-state index in [2.05, 4.69) is 32.5 Å². The highest BCUT2D eigenvalue weighted by Gasteiger charge is 2.17. The predicted octanol–water partition coefficient (Wildman–Crippen LogP) is 3.68. The number of unbranched alkanes of at least 4 members (excludes halogenated alkanes) is 1. The van der Waals surface area contributed by atoms with Crippen LogP contribution in [0.4, 0.5) is 5.95 Å². The fourth-order valence-electron chi connectivity index (χ4n) is 3.64. The molecule has 1 saturated heterocycles. The summed E-state index contributed by atoms with van der Waals surface area (Å²) in [4.78, 5) is 13.3. The van der Waals surface area contributed by atoms with E-state index in [1.807, 2.05) is 6.07 Å². The highest BCUT2D eigenvalue weighted by Crippen LogP contribution is 2.24. The molecule has 0 atom stereocenters. The zero-order chi connectivity index (χ0) is 20.3. The Balaban J connectivity index is 0.000000290. The van der Waals surface area contributed by atoms with Gasteiger partial charge in [0.2, 0.25) is 11.8 Å². The Labute approximate surface area is 173 Å². The van der Waals surface area contributed by atoms with Crippen LogP contribution in [-0.4, -0.2) is 51.9 Å². The van der Waals surface area contributed by atoms with Crippen molar-refractivity contribution in [1.82, 2.24) is 20.3 Å². The molecular formula is C22H35N5O2. The number of ether oxygens (including phenoxy) is 1. The number of piperidine rings is 1. The van der Waals surface area contributed by atoms with E-state index < -0.39 is 0 Å². The van der Waals surface area contributed by atoms with Gasteiger partial charge in [-0.3, -0.25) is 0 Å². The van der Waals surface area contributed by atoms with Crippen LogP contribution in [0.15, 0.2) is 18.5 Å². The number of hydrogen-bond acceptors (Lipinski definition) is 7. The molecule has 3 N–H and O–H groups in total. The normalized spacial score (nSPS) is 18.1. The Morgan fingerprint density at radius 3 is 2.62 bits per heavy atom. The van der Waals surface area contributed by atoms with E-state index >= 15 is 0 Å². The van der Waals surface area contributed by atoms with Crippen molar-refractivity contribution in [3.63, 3.8) is 0 Å². The van der Waals surface area contributed by atoms with Gasteiger partial charge < -0.3 is 20.5 Å². The first-order chi connectivity index (χ1) is 14.3. The molecule has 4 rings (SSSR count). The minimum Gasteiger partial charge on any atom is -0.474 e. The zero-order valence-electron chi connectivity index (χ0n) is 17.6. The predicted molar refractivity (Wildman–Crippen MR) is 116 cm³/mol. The molecule has 0 bridgehead atoms. The van der Waals surface area contributed by atoms with Crippen LogP contribution < -0.4 is 15.4 Å². The second-order valence-corrected chi connectivity index (χ2v) is 7.88. The van der Waals surface area contributed by atoms with Crippen LogP contribution in [0, 0.1) is 0 Å². The van der Waals surface area contributed by atoms with Gasteiger partial charge in [-0.15, -0.1) is 0 Å². The van der Waals surface area contributed by atoms with E-state index in [0.717, 1.165) is 69.1 Å². The monoisotopic (exact) mass is 401 g/mol. The molecule has 7 heteroatoms. The van der Waals surface area contributed by atoms with Crippen molar-refractivity contribution in [3.8, 4) is 5.88 Å². The van der Waals surface area contributed by atoms with Gasteiger partial charge in [0.1, 0.15) is 6.10 Å². The zero-order valence-corrected chi connectivity index (χ0v) is 17.6. The maximum atomic E-state index is 8.91. The Morgan fingerprint density at radius 2 is 1.93 bits per heavy atom. The van der Waals surface area contributed by atoms with Crippen LogP contribution in [0.25, 0.3) is 10.9 Å². The lowest BCUT2D eigenvalue weighted by atomic mass is 9.98. The molecule has 0 radical (unpaired) electrons. The second-order valence-electron chi connectivity index (χ2n) is 7.88. The molecule has 2 aromatic heterocycles. The number of aliphatic hydroxyl groups is 1. The van der Waals surface area contributed by atoms with Gasteiger partial charge in [0.15, 0.2) is 0 Å². The quantitative estimate of drug-likeness (QED) is 0.636. The third-order valence-corrected chi connectivity index (χ3v) is 5.43. The van der Waals surface area contributed by atoms with Crippen molar-refractivity contribution >= 4 is 16.9 Å². The molecule has 29 heavy (non-hydrogen) atoms. The van der Waals surface area contributed by atoms with Gasteiger partial charge in [-0.2, -0.15) is 0 Å². The topological polar surface area (TPSA) is 92.2 Å². The third-order valence-electron chi connectivity index (χ3n) is 5.43. The first-order valence-electron chi connectivity index (χ1n) is 11.2. The maximum Gasteiger partial charge on any atom is 0.224 e. The van der Waals surface area contributed by atoms with Crippen LogP contribution in [0.3, 0.4) is 0 Å². The molecule has 0 amide bonds. The van der Waals surface area contributed by atoms with Crippen LogP contribution in [-0.2, 0) is 0 Å². The smallest absolute Gasteiger partial charge is 0.224 e. The highest BCUT2D eigenvalue weighted by molar-refractivity contribution is 5.83. The van der Waals surface area contributed by atoms with Gasteiger partial charge in [-0.1, -0.05) is 32.6 Å². The van der Waals surface area contributed by atoms with Crippen molar-refractivity contribution in [3.05, 3.63) is 18.5 Å². The summed E-state index contributed by atoms with van der Waals surface area (Å²) in [5, 5.41) is 16.4. The number of nitrogens with zero attached hydrogens (tertiary/aromatic N) is 3. The van der Waals surface area contributed by atoms with E-state index in [9.17, 15) is 0 Å². The molecule has 0 spiro atoms. The Kier molecular flexibility index (Phi) is 8.89. The van der Waals surface area contributed by atoms with Crippen molar-refractivity contribution in [2.45, 2.75) is 76.9 Å².